The van der Waals surface area contributed by atoms with Crippen molar-refractivity contribution in [1.29, 1.82) is 0 Å². The van der Waals surface area contributed by atoms with Gasteiger partial charge in [0, 0.05) is 0 Å². The van der Waals surface area contributed by atoms with Crippen LogP contribution in [0.4, 0.5) is 10.1 Å². The van der Waals surface area contributed by atoms with Gasteiger partial charge in [-0.2, -0.15) is 5.10 Å². The molecule has 28 heavy (non-hydrogen) atoms. The first-order valence-electron chi connectivity index (χ1n) is 8.75. The fourth-order valence-electron chi connectivity index (χ4n) is 3.05. The molecule has 146 valence electrons. The largest absolute Gasteiger partial charge is 0.496 e. The van der Waals surface area contributed by atoms with Crippen molar-refractivity contribution in [3.8, 4) is 11.5 Å². The summed E-state index contributed by atoms with van der Waals surface area (Å²) in [5, 5.41) is 7.42. The number of hydrogen-bond acceptors (Lipinski definition) is 4. The number of hydrogen-bond donors (Lipinski definition) is 1. The summed E-state index contributed by atoms with van der Waals surface area (Å²) < 4.78 is 25.5. The minimum Gasteiger partial charge on any atom is -0.496 e. The topological polar surface area (TPSA) is 65.4 Å². The Kier molecular flexibility index (Phi) is 5.63. The predicted octanol–water partition coefficient (Wildman–Crippen LogP) is 3.96. The highest BCUT2D eigenvalue weighted by molar-refractivity contribution is 6.08. The summed E-state index contributed by atoms with van der Waals surface area (Å²) in [5.41, 5.74) is 3.33. The van der Waals surface area contributed by atoms with E-state index in [9.17, 15) is 9.18 Å². The molecule has 0 fully saturated rings. The molecule has 1 aromatic heterocycles. The van der Waals surface area contributed by atoms with Gasteiger partial charge in [-0.1, -0.05) is 18.2 Å². The normalized spacial score (nSPS) is 10.6. The molecule has 0 aliphatic rings. The number of carbonyl (C=O) groups excluding carboxylic acids is 1. The maximum atomic E-state index is 13.1. The highest BCUT2D eigenvalue weighted by atomic mass is 19.1. The van der Waals surface area contributed by atoms with E-state index in [1.54, 1.807) is 35.0 Å². The average Bonchev–Trinajstić information content (AvgIpc) is 2.96. The molecule has 2 aromatic carbocycles. The number of amides is 1. The van der Waals surface area contributed by atoms with E-state index in [4.69, 9.17) is 9.47 Å². The molecule has 0 unspecified atom stereocenters. The SMILES string of the molecule is COc1cccc(OC)c1C(=O)Nc1c(C)nn(Cc2ccc(F)cc2)c1C. The van der Waals surface area contributed by atoms with E-state index in [-0.39, 0.29) is 11.7 Å². The lowest BCUT2D eigenvalue weighted by Crippen LogP contribution is -2.15. The molecular weight excluding hydrogens is 361 g/mol. The molecule has 0 saturated carbocycles. The number of aryl methyl sites for hydroxylation is 1. The van der Waals surface area contributed by atoms with Crippen molar-refractivity contribution in [3.63, 3.8) is 0 Å². The van der Waals surface area contributed by atoms with Crippen LogP contribution in [-0.2, 0) is 6.54 Å². The Hall–Kier alpha value is -3.35. The Morgan fingerprint density at radius 2 is 1.68 bits per heavy atom. The maximum Gasteiger partial charge on any atom is 0.263 e. The van der Waals surface area contributed by atoms with Crippen LogP contribution < -0.4 is 14.8 Å². The van der Waals surface area contributed by atoms with E-state index < -0.39 is 0 Å². The van der Waals surface area contributed by atoms with Crippen molar-refractivity contribution in [2.24, 2.45) is 0 Å². The first-order valence-corrected chi connectivity index (χ1v) is 8.75. The van der Waals surface area contributed by atoms with Crippen molar-refractivity contribution >= 4 is 11.6 Å². The third-order valence-electron chi connectivity index (χ3n) is 4.52. The second kappa shape index (κ2) is 8.12. The van der Waals surface area contributed by atoms with Crippen molar-refractivity contribution in [2.45, 2.75) is 20.4 Å². The van der Waals surface area contributed by atoms with Crippen molar-refractivity contribution < 1.29 is 18.7 Å². The first-order chi connectivity index (χ1) is 13.4. The molecule has 6 nitrogen and oxygen atoms in total. The van der Waals surface area contributed by atoms with Crippen LogP contribution in [0.25, 0.3) is 0 Å². The number of halogens is 1. The van der Waals surface area contributed by atoms with Gasteiger partial charge < -0.3 is 14.8 Å². The smallest absolute Gasteiger partial charge is 0.263 e. The predicted molar refractivity (Wildman–Crippen MR) is 105 cm³/mol. The Morgan fingerprint density at radius 3 is 2.25 bits per heavy atom. The van der Waals surface area contributed by atoms with Crippen molar-refractivity contribution in [2.75, 3.05) is 19.5 Å². The van der Waals surface area contributed by atoms with Crippen LogP contribution in [0.1, 0.15) is 27.3 Å². The number of anilines is 1. The van der Waals surface area contributed by atoms with Gasteiger partial charge in [-0.25, -0.2) is 4.39 Å². The number of methoxy groups -OCH3 is 2. The zero-order valence-electron chi connectivity index (χ0n) is 16.2. The zero-order valence-corrected chi connectivity index (χ0v) is 16.2. The van der Waals surface area contributed by atoms with Gasteiger partial charge in [-0.15, -0.1) is 0 Å². The van der Waals surface area contributed by atoms with Crippen LogP contribution in [-0.4, -0.2) is 29.9 Å². The molecular formula is C21H22FN3O3. The van der Waals surface area contributed by atoms with Gasteiger partial charge in [0.25, 0.3) is 5.91 Å². The Labute approximate surface area is 162 Å². The molecule has 1 N–H and O–H groups in total. The van der Waals surface area contributed by atoms with Crippen LogP contribution in [0.15, 0.2) is 42.5 Å². The maximum absolute atomic E-state index is 13.1. The lowest BCUT2D eigenvalue weighted by Gasteiger charge is -2.13. The number of carbonyl (C=O) groups is 1. The van der Waals surface area contributed by atoms with E-state index in [0.29, 0.717) is 35.0 Å². The van der Waals surface area contributed by atoms with Crippen LogP contribution in [0, 0.1) is 19.7 Å². The van der Waals surface area contributed by atoms with E-state index in [1.807, 2.05) is 13.8 Å². The Bertz CT molecular complexity index is 975. The fourth-order valence-corrected chi connectivity index (χ4v) is 3.05. The average molecular weight is 383 g/mol. The van der Waals surface area contributed by atoms with E-state index in [2.05, 4.69) is 10.4 Å². The standard InChI is InChI=1S/C21H22FN3O3/c1-13-20(14(2)25(24-13)12-15-8-10-16(22)11-9-15)23-21(26)19-17(27-3)6-5-7-18(19)28-4/h5-11H,12H2,1-4H3,(H,23,26). The molecule has 1 heterocycles. The Balaban J connectivity index is 1.88. The van der Waals surface area contributed by atoms with Crippen LogP contribution >= 0.6 is 0 Å². The van der Waals surface area contributed by atoms with Gasteiger partial charge in [-0.05, 0) is 43.7 Å². The summed E-state index contributed by atoms with van der Waals surface area (Å²) in [6.45, 7) is 4.17. The van der Waals surface area contributed by atoms with Crippen LogP contribution in [0.3, 0.4) is 0 Å². The third-order valence-corrected chi connectivity index (χ3v) is 4.52. The van der Waals surface area contributed by atoms with Gasteiger partial charge in [0.2, 0.25) is 0 Å². The molecule has 0 bridgehead atoms. The van der Waals surface area contributed by atoms with Crippen LogP contribution in [0.5, 0.6) is 11.5 Å². The molecule has 1 amide bonds. The quantitative estimate of drug-likeness (QED) is 0.700. The monoisotopic (exact) mass is 383 g/mol. The molecule has 0 atom stereocenters. The number of nitrogens with zero attached hydrogens (tertiary/aromatic N) is 2. The van der Waals surface area contributed by atoms with Crippen molar-refractivity contribution in [3.05, 3.63) is 70.8 Å². The zero-order chi connectivity index (χ0) is 20.3. The summed E-state index contributed by atoms with van der Waals surface area (Å²) in [5.74, 6) is 0.217. The van der Waals surface area contributed by atoms with Crippen LogP contribution in [0.2, 0.25) is 0 Å². The molecule has 0 aliphatic heterocycles. The van der Waals surface area contributed by atoms with Gasteiger partial charge in [0.05, 0.1) is 37.8 Å². The molecule has 3 aromatic rings. The lowest BCUT2D eigenvalue weighted by molar-refractivity contribution is 0.102. The molecule has 3 rings (SSSR count). The molecule has 7 heteroatoms. The van der Waals surface area contributed by atoms with Gasteiger partial charge in [-0.3, -0.25) is 9.48 Å². The fraction of sp³-hybridized carbons (Fsp3) is 0.238. The number of aromatic nitrogens is 2. The molecule has 0 spiro atoms. The van der Waals surface area contributed by atoms with E-state index in [1.165, 1.54) is 26.4 Å². The first kappa shape index (κ1) is 19.4. The highest BCUT2D eigenvalue weighted by Crippen LogP contribution is 2.30. The molecule has 0 saturated heterocycles. The van der Waals surface area contributed by atoms with E-state index >= 15 is 0 Å². The number of benzene rings is 2. The minimum absolute atomic E-state index is 0.282. The summed E-state index contributed by atoms with van der Waals surface area (Å²) in [4.78, 5) is 12.9. The lowest BCUT2D eigenvalue weighted by atomic mass is 10.1. The second-order valence-electron chi connectivity index (χ2n) is 6.32. The van der Waals surface area contributed by atoms with Gasteiger partial charge in [0.1, 0.15) is 22.9 Å². The molecule has 0 aliphatic carbocycles. The summed E-state index contributed by atoms with van der Waals surface area (Å²) in [6.07, 6.45) is 0. The van der Waals surface area contributed by atoms with Gasteiger partial charge >= 0.3 is 0 Å². The van der Waals surface area contributed by atoms with Crippen molar-refractivity contribution in [1.82, 2.24) is 9.78 Å². The minimum atomic E-state index is -0.346. The Morgan fingerprint density at radius 1 is 1.07 bits per heavy atom. The summed E-state index contributed by atoms with van der Waals surface area (Å²) >= 11 is 0. The third kappa shape index (κ3) is 3.83. The highest BCUT2D eigenvalue weighted by Gasteiger charge is 2.21. The summed E-state index contributed by atoms with van der Waals surface area (Å²) in [6, 6.07) is 11.4. The summed E-state index contributed by atoms with van der Waals surface area (Å²) in [7, 11) is 3.01. The number of nitrogens with one attached hydrogen (secondary N) is 1. The molecule has 0 radical (unpaired) electrons. The van der Waals surface area contributed by atoms with Gasteiger partial charge in [0.15, 0.2) is 0 Å². The second-order valence-corrected chi connectivity index (χ2v) is 6.32. The number of ether oxygens (including phenoxy) is 2. The number of rotatable bonds is 6. The van der Waals surface area contributed by atoms with E-state index in [0.717, 1.165) is 11.3 Å².